The molecule has 0 heterocycles. The van der Waals surface area contributed by atoms with Crippen molar-refractivity contribution in [2.24, 2.45) is 0 Å². The predicted molar refractivity (Wildman–Crippen MR) is 55.9 cm³/mol. The molecule has 0 amide bonds. The van der Waals surface area contributed by atoms with Crippen molar-refractivity contribution in [2.45, 2.75) is 51.2 Å². The predicted octanol–water partition coefficient (Wildman–Crippen LogP) is 1.84. The van der Waals surface area contributed by atoms with Gasteiger partial charge in [0, 0.05) is 6.61 Å². The van der Waals surface area contributed by atoms with Crippen LogP contribution >= 0.6 is 0 Å². The van der Waals surface area contributed by atoms with Gasteiger partial charge in [-0.1, -0.05) is 6.92 Å². The van der Waals surface area contributed by atoms with Crippen molar-refractivity contribution in [2.75, 3.05) is 13.2 Å². The Morgan fingerprint density at radius 3 is 2.86 bits per heavy atom. The van der Waals surface area contributed by atoms with Gasteiger partial charge in [0.2, 0.25) is 0 Å². The van der Waals surface area contributed by atoms with Crippen LogP contribution in [-0.4, -0.2) is 25.3 Å². The topological polar surface area (TPSA) is 45.0 Å². The molecule has 0 spiro atoms. The highest BCUT2D eigenvalue weighted by Crippen LogP contribution is 2.21. The van der Waals surface area contributed by atoms with Crippen molar-refractivity contribution in [1.29, 1.82) is 5.26 Å². The van der Waals surface area contributed by atoms with Gasteiger partial charge in [0.25, 0.3) is 0 Å². The molecule has 1 aliphatic carbocycles. The zero-order valence-corrected chi connectivity index (χ0v) is 8.96. The zero-order valence-electron chi connectivity index (χ0n) is 8.96. The Labute approximate surface area is 86.4 Å². The van der Waals surface area contributed by atoms with Gasteiger partial charge < -0.3 is 10.1 Å². The first-order valence-electron chi connectivity index (χ1n) is 5.61. The molecule has 0 aromatic rings. The Hall–Kier alpha value is -0.590. The van der Waals surface area contributed by atoms with Crippen LogP contribution in [0, 0.1) is 11.3 Å². The molecule has 3 nitrogen and oxygen atoms in total. The van der Waals surface area contributed by atoms with Gasteiger partial charge in [-0.25, -0.2) is 0 Å². The number of ether oxygens (including phenoxy) is 1. The van der Waals surface area contributed by atoms with Crippen LogP contribution < -0.4 is 5.32 Å². The molecule has 14 heavy (non-hydrogen) atoms. The highest BCUT2D eigenvalue weighted by atomic mass is 16.5. The first kappa shape index (κ1) is 11.5. The molecule has 1 N–H and O–H groups in total. The first-order chi connectivity index (χ1) is 6.86. The number of nitriles is 1. The quantitative estimate of drug-likeness (QED) is 0.675. The third kappa shape index (κ3) is 4.08. The summed E-state index contributed by atoms with van der Waals surface area (Å²) in [5.74, 6) is 0. The maximum Gasteiger partial charge on any atom is 0.0975 e. The molecular weight excluding hydrogens is 176 g/mol. The van der Waals surface area contributed by atoms with Gasteiger partial charge in [0.1, 0.15) is 0 Å². The van der Waals surface area contributed by atoms with E-state index in [2.05, 4.69) is 18.3 Å². The smallest absolute Gasteiger partial charge is 0.0975 e. The summed E-state index contributed by atoms with van der Waals surface area (Å²) in [5.41, 5.74) is 0. The van der Waals surface area contributed by atoms with Gasteiger partial charge in [-0.05, 0) is 38.6 Å². The van der Waals surface area contributed by atoms with E-state index in [1.54, 1.807) is 0 Å². The Kier molecular flexibility index (Phi) is 5.58. The zero-order chi connectivity index (χ0) is 10.2. The van der Waals surface area contributed by atoms with E-state index in [0.29, 0.717) is 6.10 Å². The van der Waals surface area contributed by atoms with Crippen LogP contribution in [-0.2, 0) is 4.74 Å². The summed E-state index contributed by atoms with van der Waals surface area (Å²) >= 11 is 0. The van der Waals surface area contributed by atoms with Gasteiger partial charge in [0.05, 0.1) is 18.2 Å². The number of rotatable bonds is 7. The minimum Gasteiger partial charge on any atom is -0.378 e. The van der Waals surface area contributed by atoms with Crippen LogP contribution in [0.4, 0.5) is 0 Å². The maximum atomic E-state index is 8.82. The number of nitrogens with one attached hydrogen (secondary N) is 1. The van der Waals surface area contributed by atoms with Crippen molar-refractivity contribution >= 4 is 0 Å². The molecule has 1 fully saturated rings. The van der Waals surface area contributed by atoms with Crippen molar-refractivity contribution in [3.05, 3.63) is 0 Å². The van der Waals surface area contributed by atoms with Gasteiger partial charge >= 0.3 is 0 Å². The second kappa shape index (κ2) is 6.80. The Bertz CT molecular complexity index is 184. The molecule has 80 valence electrons. The maximum absolute atomic E-state index is 8.82. The number of hydrogen-bond donors (Lipinski definition) is 1. The van der Waals surface area contributed by atoms with Crippen LogP contribution in [0.2, 0.25) is 0 Å². The molecule has 0 aromatic carbocycles. The molecule has 0 bridgehead atoms. The summed E-state index contributed by atoms with van der Waals surface area (Å²) in [6, 6.07) is 2.22. The van der Waals surface area contributed by atoms with Gasteiger partial charge in [-0.2, -0.15) is 5.26 Å². The third-order valence-corrected chi connectivity index (χ3v) is 2.61. The summed E-state index contributed by atoms with van der Waals surface area (Å²) in [6.45, 7) is 3.74. The minimum absolute atomic E-state index is 0.0324. The van der Waals surface area contributed by atoms with Crippen molar-refractivity contribution in [3.63, 3.8) is 0 Å². The Balaban J connectivity index is 1.99. The molecule has 1 saturated carbocycles. The number of hydrogen-bond acceptors (Lipinski definition) is 3. The molecule has 1 aliphatic rings. The molecular formula is C11H20N2O. The van der Waals surface area contributed by atoms with Crippen molar-refractivity contribution in [3.8, 4) is 6.07 Å². The van der Waals surface area contributed by atoms with Crippen LogP contribution in [0.5, 0.6) is 0 Å². The van der Waals surface area contributed by atoms with Gasteiger partial charge in [-0.3, -0.25) is 0 Å². The van der Waals surface area contributed by atoms with Crippen LogP contribution in [0.1, 0.15) is 39.0 Å². The lowest BCUT2D eigenvalue weighted by atomic mass is 9.96. The molecule has 0 radical (unpaired) electrons. The summed E-state index contributed by atoms with van der Waals surface area (Å²) < 4.78 is 5.60. The van der Waals surface area contributed by atoms with Crippen LogP contribution in [0.3, 0.4) is 0 Å². The van der Waals surface area contributed by atoms with E-state index in [-0.39, 0.29) is 6.04 Å². The fourth-order valence-corrected chi connectivity index (χ4v) is 1.42. The van der Waals surface area contributed by atoms with E-state index >= 15 is 0 Å². The lowest BCUT2D eigenvalue weighted by molar-refractivity contribution is -0.000142. The summed E-state index contributed by atoms with van der Waals surface area (Å²) in [7, 11) is 0. The van der Waals surface area contributed by atoms with E-state index in [9.17, 15) is 0 Å². The second-order valence-electron chi connectivity index (χ2n) is 3.85. The highest BCUT2D eigenvalue weighted by molar-refractivity contribution is 4.89. The molecule has 0 aromatic heterocycles. The highest BCUT2D eigenvalue weighted by Gasteiger charge is 2.18. The average molecular weight is 196 g/mol. The summed E-state index contributed by atoms with van der Waals surface area (Å²) in [4.78, 5) is 0. The first-order valence-corrected chi connectivity index (χ1v) is 5.61. The minimum atomic E-state index is -0.0324. The molecule has 3 heteroatoms. The van der Waals surface area contributed by atoms with Crippen molar-refractivity contribution in [1.82, 2.24) is 5.32 Å². The third-order valence-electron chi connectivity index (χ3n) is 2.61. The van der Waals surface area contributed by atoms with E-state index in [1.165, 1.54) is 19.3 Å². The monoisotopic (exact) mass is 196 g/mol. The van der Waals surface area contributed by atoms with Crippen LogP contribution in [0.25, 0.3) is 0 Å². The lowest BCUT2D eigenvalue weighted by Gasteiger charge is -2.25. The fraction of sp³-hybridized carbons (Fsp3) is 0.909. The molecule has 1 atom stereocenters. The van der Waals surface area contributed by atoms with E-state index in [1.807, 2.05) is 0 Å². The van der Waals surface area contributed by atoms with E-state index in [0.717, 1.165) is 26.0 Å². The largest absolute Gasteiger partial charge is 0.378 e. The molecule has 0 aliphatic heterocycles. The lowest BCUT2D eigenvalue weighted by Crippen LogP contribution is -2.31. The van der Waals surface area contributed by atoms with E-state index < -0.39 is 0 Å². The Morgan fingerprint density at radius 1 is 1.57 bits per heavy atom. The van der Waals surface area contributed by atoms with Gasteiger partial charge in [-0.15, -0.1) is 0 Å². The van der Waals surface area contributed by atoms with E-state index in [4.69, 9.17) is 10.00 Å². The standard InChI is InChI=1S/C11H20N2O/c1-2-7-13-10(9-12)6-8-14-11-4-3-5-11/h10-11,13H,2-8H2,1H3. The summed E-state index contributed by atoms with van der Waals surface area (Å²) in [6.07, 6.45) is 6.09. The fourth-order valence-electron chi connectivity index (χ4n) is 1.42. The van der Waals surface area contributed by atoms with Crippen LogP contribution in [0.15, 0.2) is 0 Å². The van der Waals surface area contributed by atoms with Gasteiger partial charge in [0.15, 0.2) is 0 Å². The molecule has 1 unspecified atom stereocenters. The molecule has 0 saturated heterocycles. The SMILES string of the molecule is CCCNC(C#N)CCOC1CCC1. The average Bonchev–Trinajstić information content (AvgIpc) is 2.14. The second-order valence-corrected chi connectivity index (χ2v) is 3.85. The van der Waals surface area contributed by atoms with Crippen molar-refractivity contribution < 1.29 is 4.74 Å². The number of nitrogens with zero attached hydrogens (tertiary/aromatic N) is 1. The Morgan fingerprint density at radius 2 is 2.36 bits per heavy atom. The normalized spacial score (nSPS) is 18.6. The molecule has 1 rings (SSSR count). The summed E-state index contributed by atoms with van der Waals surface area (Å²) in [5, 5.41) is 12.0.